The van der Waals surface area contributed by atoms with Gasteiger partial charge < -0.3 is 25.8 Å². The average Bonchev–Trinajstić information content (AvgIpc) is 2.11. The van der Waals surface area contributed by atoms with E-state index in [-0.39, 0.29) is 6.29 Å². The number of aliphatic hydroxyl groups is 3. The first kappa shape index (κ1) is 12.8. The van der Waals surface area contributed by atoms with Gasteiger partial charge in [0.25, 0.3) is 0 Å². The first-order chi connectivity index (χ1) is 6.40. The van der Waals surface area contributed by atoms with Crippen LogP contribution in [0.1, 0.15) is 6.92 Å². The first-order valence-electron chi connectivity index (χ1n) is 3.85. The second kappa shape index (κ2) is 5.53. The molecule has 5 N–H and O–H groups in total. The molecule has 0 saturated heterocycles. The van der Waals surface area contributed by atoms with Crippen LogP contribution >= 0.6 is 0 Å². The molecule has 0 aliphatic heterocycles. The minimum atomic E-state index is -1.71. The van der Waals surface area contributed by atoms with Crippen LogP contribution in [0.5, 0.6) is 0 Å². The molecule has 0 aliphatic rings. The number of carbonyl (C=O) groups is 2. The van der Waals surface area contributed by atoms with Crippen molar-refractivity contribution in [1.82, 2.24) is 0 Å². The molecule has 0 aromatic heterocycles. The smallest absolute Gasteiger partial charge is 0.405 e. The molecule has 0 aromatic rings. The van der Waals surface area contributed by atoms with E-state index in [0.717, 1.165) is 0 Å². The Bertz CT molecular complexity index is 206. The number of aliphatic hydroxyl groups excluding tert-OH is 3. The Morgan fingerprint density at radius 2 is 1.86 bits per heavy atom. The summed E-state index contributed by atoms with van der Waals surface area (Å²) in [4.78, 5) is 20.6. The van der Waals surface area contributed by atoms with Crippen molar-refractivity contribution in [2.24, 2.45) is 5.73 Å². The number of rotatable bonds is 5. The van der Waals surface area contributed by atoms with E-state index in [1.165, 1.54) is 6.92 Å². The van der Waals surface area contributed by atoms with Gasteiger partial charge in [0.15, 0.2) is 12.4 Å². The Morgan fingerprint density at radius 3 is 2.14 bits per heavy atom. The molecule has 7 nitrogen and oxygen atoms in total. The Balaban J connectivity index is 4.36. The van der Waals surface area contributed by atoms with E-state index in [2.05, 4.69) is 10.5 Å². The van der Waals surface area contributed by atoms with Crippen LogP contribution in [0.4, 0.5) is 4.79 Å². The van der Waals surface area contributed by atoms with Gasteiger partial charge in [0, 0.05) is 0 Å². The summed E-state index contributed by atoms with van der Waals surface area (Å²) < 4.78 is 4.18. The second-order valence-electron chi connectivity index (χ2n) is 2.76. The number of nitrogens with two attached hydrogens (primary N) is 1. The van der Waals surface area contributed by atoms with Crippen molar-refractivity contribution in [3.8, 4) is 0 Å². The summed E-state index contributed by atoms with van der Waals surface area (Å²) in [6.45, 7) is 1.21. The molecule has 7 heteroatoms. The maximum atomic E-state index is 10.3. The molecule has 82 valence electrons. The van der Waals surface area contributed by atoms with Gasteiger partial charge in [-0.15, -0.1) is 0 Å². The van der Waals surface area contributed by atoms with Gasteiger partial charge in [-0.1, -0.05) is 0 Å². The van der Waals surface area contributed by atoms with E-state index >= 15 is 0 Å². The number of carbonyl (C=O) groups excluding carboxylic acids is 2. The molecule has 1 amide bonds. The van der Waals surface area contributed by atoms with Crippen molar-refractivity contribution in [2.45, 2.75) is 31.3 Å². The maximum absolute atomic E-state index is 10.3. The summed E-state index contributed by atoms with van der Waals surface area (Å²) in [7, 11) is 0. The Labute approximate surface area is 80.1 Å². The predicted molar refractivity (Wildman–Crippen MR) is 44.2 cm³/mol. The van der Waals surface area contributed by atoms with Gasteiger partial charge in [0.05, 0.1) is 6.10 Å². The molecule has 0 fully saturated rings. The molecule has 0 radical (unpaired) electrons. The molecule has 0 saturated carbocycles. The van der Waals surface area contributed by atoms with E-state index in [1.807, 2.05) is 0 Å². The molecule has 0 bridgehead atoms. The number of amides is 1. The van der Waals surface area contributed by atoms with Crippen molar-refractivity contribution >= 4 is 12.4 Å². The lowest BCUT2D eigenvalue weighted by Gasteiger charge is -2.23. The Kier molecular flexibility index (Phi) is 5.06. The van der Waals surface area contributed by atoms with E-state index < -0.39 is 30.5 Å². The lowest BCUT2D eigenvalue weighted by Crippen LogP contribution is -2.46. The number of hydrogen-bond acceptors (Lipinski definition) is 6. The molecule has 0 aromatic carbocycles. The van der Waals surface area contributed by atoms with Crippen molar-refractivity contribution in [3.63, 3.8) is 0 Å². The molecule has 0 unspecified atom stereocenters. The molecule has 0 spiro atoms. The minimum absolute atomic E-state index is 0.112. The van der Waals surface area contributed by atoms with Crippen LogP contribution < -0.4 is 5.73 Å². The lowest BCUT2D eigenvalue weighted by molar-refractivity contribution is -0.132. The van der Waals surface area contributed by atoms with Gasteiger partial charge in [-0.3, -0.25) is 4.79 Å². The van der Waals surface area contributed by atoms with Crippen molar-refractivity contribution in [3.05, 3.63) is 0 Å². The summed E-state index contributed by atoms with van der Waals surface area (Å²) in [6.07, 6.45) is -7.29. The standard InChI is InChI=1S/C7H13NO6/c1-3(10)5(11)6(12)4(2-9)14-7(8)13/h2-6,10-12H,1H3,(H2,8,13)/t3-,4-,5-,6-/m1/s1. The zero-order chi connectivity index (χ0) is 11.3. The largest absolute Gasteiger partial charge is 0.436 e. The molecule has 14 heavy (non-hydrogen) atoms. The highest BCUT2D eigenvalue weighted by Crippen LogP contribution is 2.06. The zero-order valence-electron chi connectivity index (χ0n) is 7.53. The Morgan fingerprint density at radius 1 is 1.36 bits per heavy atom. The third-order valence-corrected chi connectivity index (χ3v) is 1.57. The van der Waals surface area contributed by atoms with Crippen LogP contribution in [0.25, 0.3) is 0 Å². The summed E-state index contributed by atoms with van der Waals surface area (Å²) in [5.41, 5.74) is 4.61. The molecule has 0 aliphatic carbocycles. The topological polar surface area (TPSA) is 130 Å². The van der Waals surface area contributed by atoms with Gasteiger partial charge in [-0.2, -0.15) is 0 Å². The summed E-state index contributed by atoms with van der Waals surface area (Å²) >= 11 is 0. The minimum Gasteiger partial charge on any atom is -0.436 e. The number of primary amides is 1. The highest BCUT2D eigenvalue weighted by Gasteiger charge is 2.31. The second-order valence-corrected chi connectivity index (χ2v) is 2.76. The fourth-order valence-electron chi connectivity index (χ4n) is 0.792. The maximum Gasteiger partial charge on any atom is 0.405 e. The SMILES string of the molecule is C[C@@H](O)[C@@H](O)[C@H](O)[C@@H](C=O)OC(N)=O. The fourth-order valence-corrected chi connectivity index (χ4v) is 0.792. The summed E-state index contributed by atoms with van der Waals surface area (Å²) in [5, 5.41) is 27.2. The third kappa shape index (κ3) is 3.69. The van der Waals surface area contributed by atoms with Gasteiger partial charge in [0.1, 0.15) is 12.2 Å². The number of aldehydes is 1. The molecule has 0 rings (SSSR count). The average molecular weight is 207 g/mol. The zero-order valence-corrected chi connectivity index (χ0v) is 7.53. The van der Waals surface area contributed by atoms with Crippen molar-refractivity contribution in [1.29, 1.82) is 0 Å². The molecule has 4 atom stereocenters. The van der Waals surface area contributed by atoms with Crippen LogP contribution in [0.3, 0.4) is 0 Å². The van der Waals surface area contributed by atoms with E-state index in [9.17, 15) is 14.7 Å². The number of hydrogen-bond donors (Lipinski definition) is 4. The van der Waals surface area contributed by atoms with Gasteiger partial charge >= 0.3 is 6.09 Å². The van der Waals surface area contributed by atoms with Crippen LogP contribution in [0, 0.1) is 0 Å². The van der Waals surface area contributed by atoms with E-state index in [1.54, 1.807) is 0 Å². The highest BCUT2D eigenvalue weighted by atomic mass is 16.6. The Hall–Kier alpha value is -1.18. The first-order valence-corrected chi connectivity index (χ1v) is 3.85. The van der Waals surface area contributed by atoms with Crippen LogP contribution in [0.15, 0.2) is 0 Å². The van der Waals surface area contributed by atoms with Crippen LogP contribution in [0.2, 0.25) is 0 Å². The summed E-state index contributed by atoms with van der Waals surface area (Å²) in [5.74, 6) is 0. The van der Waals surface area contributed by atoms with Gasteiger partial charge in [-0.25, -0.2) is 4.79 Å². The van der Waals surface area contributed by atoms with Crippen molar-refractivity contribution < 1.29 is 29.6 Å². The van der Waals surface area contributed by atoms with Crippen molar-refractivity contribution in [2.75, 3.05) is 0 Å². The van der Waals surface area contributed by atoms with E-state index in [4.69, 9.17) is 10.2 Å². The number of ether oxygens (including phenoxy) is 1. The molecular formula is C7H13NO6. The lowest BCUT2D eigenvalue weighted by atomic mass is 10.1. The predicted octanol–water partition coefficient (Wildman–Crippen LogP) is -2.25. The van der Waals surface area contributed by atoms with E-state index in [0.29, 0.717) is 0 Å². The van der Waals surface area contributed by atoms with Crippen LogP contribution in [-0.2, 0) is 9.53 Å². The van der Waals surface area contributed by atoms with Gasteiger partial charge in [-0.05, 0) is 6.92 Å². The van der Waals surface area contributed by atoms with Crippen LogP contribution in [-0.4, -0.2) is 52.1 Å². The van der Waals surface area contributed by atoms with Gasteiger partial charge in [0.2, 0.25) is 0 Å². The molecule has 0 heterocycles. The fraction of sp³-hybridized carbons (Fsp3) is 0.714. The third-order valence-electron chi connectivity index (χ3n) is 1.57. The highest BCUT2D eigenvalue weighted by molar-refractivity contribution is 5.69. The monoisotopic (exact) mass is 207 g/mol. The quantitative estimate of drug-likeness (QED) is 0.377. The normalized spacial score (nSPS) is 19.1. The summed E-state index contributed by atoms with van der Waals surface area (Å²) in [6, 6.07) is 0. The molecular weight excluding hydrogens is 194 g/mol.